The van der Waals surface area contributed by atoms with Crippen molar-refractivity contribution in [1.82, 2.24) is 0 Å². The van der Waals surface area contributed by atoms with E-state index in [0.29, 0.717) is 0 Å². The number of thiophene rings is 1. The summed E-state index contributed by atoms with van der Waals surface area (Å²) in [5.41, 5.74) is 5.07. The first-order chi connectivity index (χ1) is 9.40. The molecule has 1 aromatic heterocycles. The molecule has 0 radical (unpaired) electrons. The fraction of sp³-hybridized carbons (Fsp3) is 0. The summed E-state index contributed by atoms with van der Waals surface area (Å²) in [6.07, 6.45) is 1.94. The quantitative estimate of drug-likeness (QED) is 0.566. The van der Waals surface area contributed by atoms with Crippen molar-refractivity contribution in [2.24, 2.45) is 0 Å². The maximum Gasteiger partial charge on any atom is 0.0349 e. The molecular weight excluding hydrogens is 248 g/mol. The molecule has 3 rings (SSSR count). The summed E-state index contributed by atoms with van der Waals surface area (Å²) in [4.78, 5) is 1.23. The molecule has 0 N–H and O–H groups in total. The summed E-state index contributed by atoms with van der Waals surface area (Å²) in [5, 5.41) is 2.22. The lowest BCUT2D eigenvalue weighted by atomic mass is 9.97. The Morgan fingerprint density at radius 3 is 1.95 bits per heavy atom. The third-order valence-corrected chi connectivity index (χ3v) is 4.13. The lowest BCUT2D eigenvalue weighted by Gasteiger charge is -2.06. The van der Waals surface area contributed by atoms with Gasteiger partial charge in [-0.15, -0.1) is 11.3 Å². The molecule has 0 saturated carbocycles. The molecule has 0 fully saturated rings. The Morgan fingerprint density at radius 2 is 1.37 bits per heavy atom. The molecule has 0 saturated heterocycles. The van der Waals surface area contributed by atoms with E-state index in [1.807, 2.05) is 18.2 Å². The maximum atomic E-state index is 3.93. The minimum atomic E-state index is 1.23. The Balaban J connectivity index is 2.23. The normalized spacial score (nSPS) is 10.3. The molecule has 0 nitrogen and oxygen atoms in total. The van der Waals surface area contributed by atoms with Crippen LogP contribution >= 0.6 is 11.3 Å². The molecule has 2 aromatic carbocycles. The summed E-state index contributed by atoms with van der Waals surface area (Å²) in [5.74, 6) is 0. The third kappa shape index (κ3) is 2.25. The second-order valence-corrected chi connectivity index (χ2v) is 5.24. The van der Waals surface area contributed by atoms with Crippen LogP contribution in [0.3, 0.4) is 0 Å². The van der Waals surface area contributed by atoms with Gasteiger partial charge in [0.15, 0.2) is 0 Å². The van der Waals surface area contributed by atoms with Crippen molar-refractivity contribution in [2.75, 3.05) is 0 Å². The average Bonchev–Trinajstić information content (AvgIpc) is 2.93. The van der Waals surface area contributed by atoms with E-state index in [1.165, 1.54) is 27.1 Å². The van der Waals surface area contributed by atoms with Gasteiger partial charge in [0, 0.05) is 16.0 Å². The highest BCUT2D eigenvalue weighted by Gasteiger charge is 2.12. The molecule has 0 amide bonds. The number of rotatable bonds is 3. The summed E-state index contributed by atoms with van der Waals surface area (Å²) < 4.78 is 0. The van der Waals surface area contributed by atoms with Gasteiger partial charge in [-0.3, -0.25) is 0 Å². The predicted octanol–water partition coefficient (Wildman–Crippen LogP) is 5.73. The Hall–Kier alpha value is -2.12. The highest BCUT2D eigenvalue weighted by molar-refractivity contribution is 7.12. The lowest BCUT2D eigenvalue weighted by molar-refractivity contribution is 1.63. The largest absolute Gasteiger partial charge is 0.143 e. The van der Waals surface area contributed by atoms with Crippen LogP contribution in [0, 0.1) is 0 Å². The second-order valence-electron chi connectivity index (χ2n) is 4.32. The van der Waals surface area contributed by atoms with Crippen molar-refractivity contribution in [3.8, 4) is 22.3 Å². The van der Waals surface area contributed by atoms with Gasteiger partial charge >= 0.3 is 0 Å². The van der Waals surface area contributed by atoms with Crippen LogP contribution in [0.5, 0.6) is 0 Å². The smallest absolute Gasteiger partial charge is 0.0349 e. The SMILES string of the molecule is C=Cc1scc(-c2ccccc2)c1-c1ccccc1. The molecule has 0 spiro atoms. The molecule has 1 heteroatoms. The van der Waals surface area contributed by atoms with E-state index in [-0.39, 0.29) is 0 Å². The van der Waals surface area contributed by atoms with Crippen LogP contribution in [0.1, 0.15) is 4.88 Å². The highest BCUT2D eigenvalue weighted by atomic mass is 32.1. The van der Waals surface area contributed by atoms with Crippen LogP contribution in [0.15, 0.2) is 72.6 Å². The first-order valence-electron chi connectivity index (χ1n) is 6.25. The zero-order chi connectivity index (χ0) is 13.1. The Bertz CT molecular complexity index is 678. The van der Waals surface area contributed by atoms with Gasteiger partial charge in [0.05, 0.1) is 0 Å². The molecule has 1 heterocycles. The zero-order valence-electron chi connectivity index (χ0n) is 10.5. The molecule has 0 aliphatic heterocycles. The average molecular weight is 262 g/mol. The lowest BCUT2D eigenvalue weighted by Crippen LogP contribution is -1.81. The van der Waals surface area contributed by atoms with Gasteiger partial charge in [-0.25, -0.2) is 0 Å². The summed E-state index contributed by atoms with van der Waals surface area (Å²) in [6.45, 7) is 3.93. The minimum Gasteiger partial charge on any atom is -0.143 e. The van der Waals surface area contributed by atoms with Crippen LogP contribution in [0.4, 0.5) is 0 Å². The van der Waals surface area contributed by atoms with Gasteiger partial charge in [0.25, 0.3) is 0 Å². The van der Waals surface area contributed by atoms with Gasteiger partial charge in [-0.2, -0.15) is 0 Å². The molecule has 0 bridgehead atoms. The minimum absolute atomic E-state index is 1.23. The van der Waals surface area contributed by atoms with Crippen molar-refractivity contribution < 1.29 is 0 Å². The molecule has 0 aliphatic carbocycles. The Labute approximate surface area is 117 Å². The Morgan fingerprint density at radius 1 is 0.789 bits per heavy atom. The standard InChI is InChI=1S/C18H14S/c1-2-17-18(15-11-7-4-8-12-15)16(13-19-17)14-9-5-3-6-10-14/h2-13H,1H2. The monoisotopic (exact) mass is 262 g/mol. The number of hydrogen-bond acceptors (Lipinski definition) is 1. The van der Waals surface area contributed by atoms with E-state index in [1.54, 1.807) is 11.3 Å². The van der Waals surface area contributed by atoms with Gasteiger partial charge < -0.3 is 0 Å². The van der Waals surface area contributed by atoms with Crippen LogP contribution < -0.4 is 0 Å². The fourth-order valence-corrected chi connectivity index (χ4v) is 3.20. The zero-order valence-corrected chi connectivity index (χ0v) is 11.4. The van der Waals surface area contributed by atoms with Crippen LogP contribution in [0.2, 0.25) is 0 Å². The molecule has 92 valence electrons. The van der Waals surface area contributed by atoms with Crippen molar-refractivity contribution in [3.63, 3.8) is 0 Å². The highest BCUT2D eigenvalue weighted by Crippen LogP contribution is 2.39. The van der Waals surface area contributed by atoms with Crippen molar-refractivity contribution in [3.05, 3.63) is 77.5 Å². The van der Waals surface area contributed by atoms with E-state index in [2.05, 4.69) is 60.5 Å². The van der Waals surface area contributed by atoms with Crippen LogP contribution in [-0.4, -0.2) is 0 Å². The van der Waals surface area contributed by atoms with Crippen LogP contribution in [0.25, 0.3) is 28.3 Å². The van der Waals surface area contributed by atoms with Gasteiger partial charge in [0.2, 0.25) is 0 Å². The molecular formula is C18H14S. The molecule has 3 aromatic rings. The van der Waals surface area contributed by atoms with E-state index in [4.69, 9.17) is 0 Å². The van der Waals surface area contributed by atoms with Gasteiger partial charge in [-0.05, 0) is 16.5 Å². The third-order valence-electron chi connectivity index (χ3n) is 3.15. The summed E-state index contributed by atoms with van der Waals surface area (Å²) in [6, 6.07) is 21.0. The molecule has 0 aliphatic rings. The van der Waals surface area contributed by atoms with Crippen molar-refractivity contribution in [1.29, 1.82) is 0 Å². The maximum absolute atomic E-state index is 3.93. The van der Waals surface area contributed by atoms with E-state index in [9.17, 15) is 0 Å². The molecule has 0 unspecified atom stereocenters. The Kier molecular flexibility index (Phi) is 3.30. The predicted molar refractivity (Wildman–Crippen MR) is 85.3 cm³/mol. The van der Waals surface area contributed by atoms with E-state index in [0.717, 1.165) is 0 Å². The van der Waals surface area contributed by atoms with E-state index >= 15 is 0 Å². The molecule has 0 atom stereocenters. The second kappa shape index (κ2) is 5.25. The summed E-state index contributed by atoms with van der Waals surface area (Å²) >= 11 is 1.75. The van der Waals surface area contributed by atoms with E-state index < -0.39 is 0 Å². The van der Waals surface area contributed by atoms with Crippen LogP contribution in [-0.2, 0) is 0 Å². The van der Waals surface area contributed by atoms with Gasteiger partial charge in [-0.1, -0.05) is 73.3 Å². The fourth-order valence-electron chi connectivity index (χ4n) is 2.26. The van der Waals surface area contributed by atoms with Crippen molar-refractivity contribution in [2.45, 2.75) is 0 Å². The summed E-state index contributed by atoms with van der Waals surface area (Å²) in [7, 11) is 0. The molecule has 19 heavy (non-hydrogen) atoms. The number of hydrogen-bond donors (Lipinski definition) is 0. The number of benzene rings is 2. The first kappa shape index (κ1) is 11.9. The first-order valence-corrected chi connectivity index (χ1v) is 7.13. The van der Waals surface area contributed by atoms with Gasteiger partial charge in [0.1, 0.15) is 0 Å². The topological polar surface area (TPSA) is 0 Å². The van der Waals surface area contributed by atoms with Crippen molar-refractivity contribution >= 4 is 17.4 Å².